The second-order valence-electron chi connectivity index (χ2n) is 4.75. The van der Waals surface area contributed by atoms with Crippen LogP contribution in [0.15, 0.2) is 0 Å². The number of hydrogen-bond donors (Lipinski definition) is 1. The van der Waals surface area contributed by atoms with E-state index in [9.17, 15) is 4.79 Å². The lowest BCUT2D eigenvalue weighted by atomic mass is 9.97. The van der Waals surface area contributed by atoms with Crippen molar-refractivity contribution in [2.45, 2.75) is 44.8 Å². The molecule has 4 heteroatoms. The van der Waals surface area contributed by atoms with Gasteiger partial charge in [-0.3, -0.25) is 4.79 Å². The molecule has 0 aromatic rings. The Labute approximate surface area is 92.4 Å². The van der Waals surface area contributed by atoms with Crippen LogP contribution < -0.4 is 5.73 Å². The van der Waals surface area contributed by atoms with Gasteiger partial charge in [-0.05, 0) is 33.7 Å². The molecular weight excluding hydrogens is 190 g/mol. The van der Waals surface area contributed by atoms with Crippen molar-refractivity contribution in [3.8, 4) is 0 Å². The number of nitrogens with zero attached hydrogens (tertiary/aromatic N) is 2. The number of piperidine rings is 1. The Kier molecular flexibility index (Phi) is 4.11. The Bertz CT molecular complexity index is 230. The van der Waals surface area contributed by atoms with Gasteiger partial charge >= 0.3 is 0 Å². The number of hydrogen-bond acceptors (Lipinski definition) is 3. The van der Waals surface area contributed by atoms with E-state index >= 15 is 0 Å². The molecule has 3 atom stereocenters. The third-order valence-electron chi connectivity index (χ3n) is 3.47. The van der Waals surface area contributed by atoms with Crippen LogP contribution in [-0.2, 0) is 4.79 Å². The molecule has 15 heavy (non-hydrogen) atoms. The Morgan fingerprint density at radius 2 is 2.20 bits per heavy atom. The zero-order valence-corrected chi connectivity index (χ0v) is 10.2. The lowest BCUT2D eigenvalue weighted by Gasteiger charge is -2.39. The van der Waals surface area contributed by atoms with E-state index in [-0.39, 0.29) is 11.9 Å². The van der Waals surface area contributed by atoms with Crippen LogP contribution in [0.2, 0.25) is 0 Å². The zero-order valence-electron chi connectivity index (χ0n) is 10.2. The molecule has 0 aliphatic carbocycles. The SMILES string of the molecule is CC(N)C(=O)N(C)C1CCN(C)C(C)C1. The number of nitrogens with two attached hydrogens (primary N) is 1. The highest BCUT2D eigenvalue weighted by atomic mass is 16.2. The minimum atomic E-state index is -0.384. The number of likely N-dealkylation sites (N-methyl/N-ethyl adjacent to an activating group) is 1. The lowest BCUT2D eigenvalue weighted by Crippen LogP contribution is -2.51. The Hall–Kier alpha value is -0.610. The van der Waals surface area contributed by atoms with Crippen molar-refractivity contribution in [2.75, 3.05) is 20.6 Å². The van der Waals surface area contributed by atoms with Gasteiger partial charge in [-0.25, -0.2) is 0 Å². The highest BCUT2D eigenvalue weighted by Crippen LogP contribution is 2.19. The second kappa shape index (κ2) is 4.94. The molecule has 1 aliphatic rings. The van der Waals surface area contributed by atoms with Crippen LogP contribution in [-0.4, -0.2) is 54.5 Å². The normalized spacial score (nSPS) is 29.9. The first-order valence-corrected chi connectivity index (χ1v) is 5.66. The summed E-state index contributed by atoms with van der Waals surface area (Å²) in [6.45, 7) is 5.01. The van der Waals surface area contributed by atoms with Gasteiger partial charge in [-0.15, -0.1) is 0 Å². The van der Waals surface area contributed by atoms with Gasteiger partial charge in [0.05, 0.1) is 6.04 Å². The quantitative estimate of drug-likeness (QED) is 0.716. The smallest absolute Gasteiger partial charge is 0.239 e. The zero-order chi connectivity index (χ0) is 11.6. The van der Waals surface area contributed by atoms with Gasteiger partial charge < -0.3 is 15.5 Å². The summed E-state index contributed by atoms with van der Waals surface area (Å²) in [5.74, 6) is 0.0525. The predicted octanol–water partition coefficient (Wildman–Crippen LogP) is 0.275. The summed E-state index contributed by atoms with van der Waals surface area (Å²) < 4.78 is 0. The van der Waals surface area contributed by atoms with Crippen molar-refractivity contribution in [3.05, 3.63) is 0 Å². The van der Waals surface area contributed by atoms with Gasteiger partial charge in [0, 0.05) is 25.7 Å². The number of likely N-dealkylation sites (tertiary alicyclic amines) is 1. The molecular formula is C11H23N3O. The van der Waals surface area contributed by atoms with E-state index in [0.717, 1.165) is 19.4 Å². The van der Waals surface area contributed by atoms with Crippen LogP contribution >= 0.6 is 0 Å². The number of carbonyl (C=O) groups is 1. The van der Waals surface area contributed by atoms with Crippen LogP contribution in [0.25, 0.3) is 0 Å². The maximum absolute atomic E-state index is 11.7. The fourth-order valence-electron chi connectivity index (χ4n) is 2.12. The molecule has 1 rings (SSSR count). The van der Waals surface area contributed by atoms with E-state index in [4.69, 9.17) is 5.73 Å². The minimum Gasteiger partial charge on any atom is -0.341 e. The van der Waals surface area contributed by atoms with Crippen molar-refractivity contribution in [1.29, 1.82) is 0 Å². The first kappa shape index (κ1) is 12.5. The molecule has 0 radical (unpaired) electrons. The van der Waals surface area contributed by atoms with Crippen LogP contribution in [0.5, 0.6) is 0 Å². The molecule has 2 N–H and O–H groups in total. The van der Waals surface area contributed by atoms with Gasteiger partial charge in [-0.2, -0.15) is 0 Å². The van der Waals surface area contributed by atoms with E-state index in [1.165, 1.54) is 0 Å². The summed E-state index contributed by atoms with van der Waals surface area (Å²) >= 11 is 0. The molecule has 1 aliphatic heterocycles. The molecule has 0 spiro atoms. The highest BCUT2D eigenvalue weighted by molar-refractivity contribution is 5.81. The van der Waals surface area contributed by atoms with E-state index < -0.39 is 0 Å². The molecule has 0 saturated carbocycles. The van der Waals surface area contributed by atoms with Crippen LogP contribution in [0.3, 0.4) is 0 Å². The maximum Gasteiger partial charge on any atom is 0.239 e. The fraction of sp³-hybridized carbons (Fsp3) is 0.909. The number of amides is 1. The average Bonchev–Trinajstić information content (AvgIpc) is 2.19. The topological polar surface area (TPSA) is 49.6 Å². The van der Waals surface area contributed by atoms with Crippen molar-refractivity contribution >= 4 is 5.91 Å². The second-order valence-corrected chi connectivity index (χ2v) is 4.75. The molecule has 3 unspecified atom stereocenters. The Morgan fingerprint density at radius 3 is 2.67 bits per heavy atom. The maximum atomic E-state index is 11.7. The van der Waals surface area contributed by atoms with Gasteiger partial charge in [0.15, 0.2) is 0 Å². The standard InChI is InChI=1S/C11H23N3O/c1-8-7-10(5-6-13(8)3)14(4)11(15)9(2)12/h8-10H,5-7,12H2,1-4H3. The molecule has 1 saturated heterocycles. The van der Waals surface area contributed by atoms with Crippen molar-refractivity contribution in [1.82, 2.24) is 9.80 Å². The number of rotatable bonds is 2. The molecule has 1 fully saturated rings. The molecule has 0 aromatic heterocycles. The summed E-state index contributed by atoms with van der Waals surface area (Å²) in [6, 6.07) is 0.520. The van der Waals surface area contributed by atoms with Crippen LogP contribution in [0, 0.1) is 0 Å². The monoisotopic (exact) mass is 213 g/mol. The van der Waals surface area contributed by atoms with E-state index in [2.05, 4.69) is 18.9 Å². The van der Waals surface area contributed by atoms with Crippen molar-refractivity contribution in [3.63, 3.8) is 0 Å². The van der Waals surface area contributed by atoms with E-state index in [1.807, 2.05) is 11.9 Å². The predicted molar refractivity (Wildman–Crippen MR) is 61.5 cm³/mol. The van der Waals surface area contributed by atoms with Crippen molar-refractivity contribution < 1.29 is 4.79 Å². The third-order valence-corrected chi connectivity index (χ3v) is 3.47. The molecule has 0 aromatic carbocycles. The molecule has 4 nitrogen and oxygen atoms in total. The van der Waals surface area contributed by atoms with E-state index in [0.29, 0.717) is 12.1 Å². The summed E-state index contributed by atoms with van der Waals surface area (Å²) in [6.07, 6.45) is 2.10. The van der Waals surface area contributed by atoms with Crippen molar-refractivity contribution in [2.24, 2.45) is 5.73 Å². The van der Waals surface area contributed by atoms with Crippen LogP contribution in [0.1, 0.15) is 26.7 Å². The Balaban J connectivity index is 2.54. The summed E-state index contributed by atoms with van der Waals surface area (Å²) in [5, 5.41) is 0. The summed E-state index contributed by atoms with van der Waals surface area (Å²) in [7, 11) is 4.00. The van der Waals surface area contributed by atoms with Crippen LogP contribution in [0.4, 0.5) is 0 Å². The molecule has 1 heterocycles. The third kappa shape index (κ3) is 2.92. The van der Waals surface area contributed by atoms with Gasteiger partial charge in [0.1, 0.15) is 0 Å². The molecule has 1 amide bonds. The summed E-state index contributed by atoms with van der Waals surface area (Å²) in [4.78, 5) is 15.9. The minimum absolute atomic E-state index is 0.0525. The number of carbonyl (C=O) groups excluding carboxylic acids is 1. The molecule has 0 bridgehead atoms. The van der Waals surface area contributed by atoms with E-state index in [1.54, 1.807) is 6.92 Å². The first-order valence-electron chi connectivity index (χ1n) is 5.66. The summed E-state index contributed by atoms with van der Waals surface area (Å²) in [5.41, 5.74) is 5.60. The Morgan fingerprint density at radius 1 is 1.60 bits per heavy atom. The van der Waals surface area contributed by atoms with Gasteiger partial charge in [0.2, 0.25) is 5.91 Å². The first-order chi connectivity index (χ1) is 6.93. The highest BCUT2D eigenvalue weighted by Gasteiger charge is 2.28. The van der Waals surface area contributed by atoms with Gasteiger partial charge in [-0.1, -0.05) is 0 Å². The lowest BCUT2D eigenvalue weighted by molar-refractivity contribution is -0.134. The average molecular weight is 213 g/mol. The largest absolute Gasteiger partial charge is 0.341 e. The van der Waals surface area contributed by atoms with Gasteiger partial charge in [0.25, 0.3) is 0 Å². The molecule has 88 valence electrons. The fourth-order valence-corrected chi connectivity index (χ4v) is 2.12.